The SMILES string of the molecule is c1ccc2c(c1)cc1c3c2ccc2cccc(c23)C2NC12. The Morgan fingerprint density at radius 1 is 0.619 bits per heavy atom. The average Bonchev–Trinajstić information content (AvgIpc) is 3.34. The molecule has 2 unspecified atom stereocenters. The maximum absolute atomic E-state index is 3.66. The van der Waals surface area contributed by atoms with Gasteiger partial charge in [-0.05, 0) is 49.5 Å². The van der Waals surface area contributed by atoms with Crippen LogP contribution < -0.4 is 5.32 Å². The van der Waals surface area contributed by atoms with Gasteiger partial charge >= 0.3 is 0 Å². The van der Waals surface area contributed by atoms with Gasteiger partial charge in [-0.25, -0.2) is 0 Å². The molecule has 4 aromatic carbocycles. The summed E-state index contributed by atoms with van der Waals surface area (Å²) in [6, 6.07) is 23.5. The normalized spacial score (nSPS) is 22.1. The van der Waals surface area contributed by atoms with Crippen molar-refractivity contribution in [2.45, 2.75) is 12.1 Å². The molecule has 4 aromatic rings. The van der Waals surface area contributed by atoms with Gasteiger partial charge in [-0.1, -0.05) is 54.6 Å². The van der Waals surface area contributed by atoms with E-state index < -0.39 is 0 Å². The fourth-order valence-electron chi connectivity index (χ4n) is 4.22. The summed E-state index contributed by atoms with van der Waals surface area (Å²) >= 11 is 0. The van der Waals surface area contributed by atoms with Crippen molar-refractivity contribution in [1.82, 2.24) is 5.32 Å². The molecule has 1 N–H and O–H groups in total. The fourth-order valence-corrected chi connectivity index (χ4v) is 4.22. The molecule has 2 atom stereocenters. The van der Waals surface area contributed by atoms with Crippen LogP contribution in [0.15, 0.2) is 60.7 Å². The Hall–Kier alpha value is -2.38. The molecule has 1 heterocycles. The van der Waals surface area contributed by atoms with Gasteiger partial charge in [0.15, 0.2) is 0 Å². The molecule has 0 saturated carbocycles. The second-order valence-corrected chi connectivity index (χ2v) is 6.24. The smallest absolute Gasteiger partial charge is 0.0530 e. The van der Waals surface area contributed by atoms with Crippen LogP contribution in [0.5, 0.6) is 0 Å². The van der Waals surface area contributed by atoms with Gasteiger partial charge in [0.2, 0.25) is 0 Å². The molecular formula is C20H13N. The molecule has 1 aliphatic heterocycles. The van der Waals surface area contributed by atoms with E-state index in [0.29, 0.717) is 12.1 Å². The van der Waals surface area contributed by atoms with Crippen molar-refractivity contribution in [1.29, 1.82) is 0 Å². The summed E-state index contributed by atoms with van der Waals surface area (Å²) in [5.41, 5.74) is 2.96. The molecule has 2 aliphatic rings. The third-order valence-corrected chi connectivity index (χ3v) is 5.18. The van der Waals surface area contributed by atoms with E-state index in [9.17, 15) is 0 Å². The van der Waals surface area contributed by atoms with Crippen LogP contribution in [0.2, 0.25) is 0 Å². The van der Waals surface area contributed by atoms with E-state index in [-0.39, 0.29) is 0 Å². The summed E-state index contributed by atoms with van der Waals surface area (Å²) < 4.78 is 0. The highest BCUT2D eigenvalue weighted by molar-refractivity contribution is 6.20. The van der Waals surface area contributed by atoms with Gasteiger partial charge in [-0.2, -0.15) is 0 Å². The molecule has 1 nitrogen and oxygen atoms in total. The molecule has 1 aliphatic carbocycles. The van der Waals surface area contributed by atoms with Crippen LogP contribution in [0.25, 0.3) is 32.3 Å². The second kappa shape index (κ2) is 3.26. The Kier molecular flexibility index (Phi) is 1.61. The van der Waals surface area contributed by atoms with Crippen molar-refractivity contribution < 1.29 is 0 Å². The summed E-state index contributed by atoms with van der Waals surface area (Å²) in [5.74, 6) is 0. The summed E-state index contributed by atoms with van der Waals surface area (Å²) in [4.78, 5) is 0. The van der Waals surface area contributed by atoms with Gasteiger partial charge in [0.25, 0.3) is 0 Å². The number of benzene rings is 4. The molecule has 21 heavy (non-hydrogen) atoms. The zero-order chi connectivity index (χ0) is 13.6. The van der Waals surface area contributed by atoms with Crippen LogP contribution in [-0.4, -0.2) is 0 Å². The molecule has 1 heteroatoms. The van der Waals surface area contributed by atoms with Crippen molar-refractivity contribution in [3.63, 3.8) is 0 Å². The molecular weight excluding hydrogens is 254 g/mol. The lowest BCUT2D eigenvalue weighted by atomic mass is 9.84. The molecule has 0 aromatic heterocycles. The Labute approximate surface area is 122 Å². The monoisotopic (exact) mass is 267 g/mol. The standard InChI is InChI=1S/C20H13N/c1-2-6-13-12(4-1)10-16-18-14(13)9-8-11-5-3-7-15(17(11)18)19-20(16)21-19/h1-10,19-21H. The number of hydrogen-bond acceptors (Lipinski definition) is 1. The Bertz CT molecular complexity index is 1080. The van der Waals surface area contributed by atoms with Crippen LogP contribution in [0, 0.1) is 0 Å². The maximum Gasteiger partial charge on any atom is 0.0530 e. The van der Waals surface area contributed by atoms with Crippen molar-refractivity contribution in [2.75, 3.05) is 0 Å². The lowest BCUT2D eigenvalue weighted by Gasteiger charge is -2.18. The molecule has 6 rings (SSSR count). The number of rotatable bonds is 0. The van der Waals surface area contributed by atoms with Crippen LogP contribution in [0.3, 0.4) is 0 Å². The zero-order valence-electron chi connectivity index (χ0n) is 11.4. The van der Waals surface area contributed by atoms with Crippen LogP contribution in [0.4, 0.5) is 0 Å². The van der Waals surface area contributed by atoms with E-state index in [1.807, 2.05) is 0 Å². The predicted molar refractivity (Wildman–Crippen MR) is 87.6 cm³/mol. The second-order valence-electron chi connectivity index (χ2n) is 6.24. The quantitative estimate of drug-likeness (QED) is 0.357. The van der Waals surface area contributed by atoms with E-state index in [4.69, 9.17) is 0 Å². The van der Waals surface area contributed by atoms with Crippen LogP contribution in [-0.2, 0) is 0 Å². The van der Waals surface area contributed by atoms with Gasteiger partial charge in [0, 0.05) is 0 Å². The minimum absolute atomic E-state index is 0.512. The largest absolute Gasteiger partial charge is 0.300 e. The van der Waals surface area contributed by atoms with Gasteiger partial charge in [-0.3, -0.25) is 5.32 Å². The highest BCUT2D eigenvalue weighted by atomic mass is 15.2. The lowest BCUT2D eigenvalue weighted by Crippen LogP contribution is -1.97. The Morgan fingerprint density at radius 3 is 2.48 bits per heavy atom. The zero-order valence-corrected chi connectivity index (χ0v) is 11.4. The first kappa shape index (κ1) is 10.4. The average molecular weight is 267 g/mol. The van der Waals surface area contributed by atoms with Crippen molar-refractivity contribution in [3.8, 4) is 0 Å². The summed E-state index contributed by atoms with van der Waals surface area (Å²) in [7, 11) is 0. The Morgan fingerprint density at radius 2 is 1.48 bits per heavy atom. The summed E-state index contributed by atoms with van der Waals surface area (Å²) in [6.45, 7) is 0. The van der Waals surface area contributed by atoms with Gasteiger partial charge in [0.05, 0.1) is 12.1 Å². The van der Waals surface area contributed by atoms with E-state index in [1.54, 1.807) is 0 Å². The molecule has 0 spiro atoms. The molecule has 0 bridgehead atoms. The van der Waals surface area contributed by atoms with Crippen molar-refractivity contribution >= 4 is 32.3 Å². The van der Waals surface area contributed by atoms with E-state index in [1.165, 1.54) is 43.4 Å². The molecule has 0 radical (unpaired) electrons. The topological polar surface area (TPSA) is 21.9 Å². The first-order valence-corrected chi connectivity index (χ1v) is 7.55. The van der Waals surface area contributed by atoms with Crippen molar-refractivity contribution in [3.05, 3.63) is 71.8 Å². The molecule has 0 amide bonds. The minimum atomic E-state index is 0.512. The van der Waals surface area contributed by atoms with Crippen molar-refractivity contribution in [2.24, 2.45) is 0 Å². The van der Waals surface area contributed by atoms with Gasteiger partial charge in [-0.15, -0.1) is 0 Å². The maximum atomic E-state index is 3.66. The molecule has 1 fully saturated rings. The summed E-state index contributed by atoms with van der Waals surface area (Å²) in [6.07, 6.45) is 0. The van der Waals surface area contributed by atoms with Crippen LogP contribution in [0.1, 0.15) is 23.2 Å². The van der Waals surface area contributed by atoms with Gasteiger partial charge < -0.3 is 0 Å². The highest BCUT2D eigenvalue weighted by Gasteiger charge is 2.44. The lowest BCUT2D eigenvalue weighted by molar-refractivity contribution is 1.04. The third-order valence-electron chi connectivity index (χ3n) is 5.18. The van der Waals surface area contributed by atoms with E-state index >= 15 is 0 Å². The van der Waals surface area contributed by atoms with Crippen LogP contribution >= 0.6 is 0 Å². The molecule has 1 saturated heterocycles. The third kappa shape index (κ3) is 1.13. The summed E-state index contributed by atoms with van der Waals surface area (Å²) in [5, 5.41) is 12.1. The van der Waals surface area contributed by atoms with E-state index in [0.717, 1.165) is 0 Å². The fraction of sp³-hybridized carbons (Fsp3) is 0.100. The minimum Gasteiger partial charge on any atom is -0.300 e. The Balaban J connectivity index is 2.00. The van der Waals surface area contributed by atoms with E-state index in [2.05, 4.69) is 66.0 Å². The first-order chi connectivity index (χ1) is 10.4. The van der Waals surface area contributed by atoms with Gasteiger partial charge in [0.1, 0.15) is 0 Å². The predicted octanol–water partition coefficient (Wildman–Crippen LogP) is 4.85. The molecule has 98 valence electrons. The first-order valence-electron chi connectivity index (χ1n) is 7.55. The number of nitrogens with one attached hydrogen (secondary N) is 1. The number of hydrogen-bond donors (Lipinski definition) is 1. The number of fused-ring (bicyclic) bond motifs is 5. The highest BCUT2D eigenvalue weighted by Crippen LogP contribution is 2.54.